The summed E-state index contributed by atoms with van der Waals surface area (Å²) in [5.41, 5.74) is 6.12. The fraction of sp³-hybridized carbons (Fsp3) is 0.417. The number of carboxylic acids is 2. The summed E-state index contributed by atoms with van der Waals surface area (Å²) in [4.78, 5) is 51.4. The fourth-order valence-corrected chi connectivity index (χ4v) is 10.8. The molecule has 0 aliphatic heterocycles. The van der Waals surface area contributed by atoms with Crippen LogP contribution in [-0.4, -0.2) is 62.3 Å². The van der Waals surface area contributed by atoms with Crippen LogP contribution < -0.4 is 10.6 Å². The summed E-state index contributed by atoms with van der Waals surface area (Å²) in [5.74, 6) is 0.0243. The molecule has 64 heavy (non-hydrogen) atoms. The number of anilines is 4. The second-order valence-corrected chi connectivity index (χ2v) is 20.0. The number of nitrogens with one attached hydrogen (secondary N) is 2. The lowest BCUT2D eigenvalue weighted by Gasteiger charge is -2.32. The molecule has 0 atom stereocenters. The van der Waals surface area contributed by atoms with Gasteiger partial charge in [0.2, 0.25) is 11.9 Å². The van der Waals surface area contributed by atoms with Crippen molar-refractivity contribution in [2.75, 3.05) is 10.6 Å². The number of aliphatic hydroxyl groups is 2. The lowest BCUT2D eigenvalue weighted by atomic mass is 9.79. The molecule has 10 rings (SSSR count). The van der Waals surface area contributed by atoms with Crippen LogP contribution in [0.15, 0.2) is 73.3 Å². The van der Waals surface area contributed by atoms with Crippen LogP contribution in [0.3, 0.4) is 0 Å². The SMILES string of the molecule is Cc1cc(Nc2nccc(C3CC3)n2)cc(-c2cnc(C3(O)CCC(C(=O)O)CC3)s2)c1.Cc1cc(Nc2nccc(C3CC3)n2)cc(-c2cnc(C3(O)CCC(C(=O)O)CC3)s2)c1. The molecule has 0 radical (unpaired) electrons. The zero-order chi connectivity index (χ0) is 44.6. The van der Waals surface area contributed by atoms with Gasteiger partial charge < -0.3 is 31.1 Å². The van der Waals surface area contributed by atoms with Gasteiger partial charge in [0.15, 0.2) is 0 Å². The zero-order valence-corrected chi connectivity index (χ0v) is 37.5. The molecule has 0 bridgehead atoms. The van der Waals surface area contributed by atoms with Crippen LogP contribution in [0.2, 0.25) is 0 Å². The third-order valence-electron chi connectivity index (χ3n) is 12.7. The molecule has 0 unspecified atom stereocenters. The Morgan fingerprint density at radius 2 is 0.969 bits per heavy atom. The normalized spacial score (nSPS) is 23.1. The van der Waals surface area contributed by atoms with Crippen molar-refractivity contribution < 1.29 is 30.0 Å². The van der Waals surface area contributed by atoms with Crippen molar-refractivity contribution >= 4 is 57.9 Å². The van der Waals surface area contributed by atoms with Crippen molar-refractivity contribution in [2.24, 2.45) is 11.8 Å². The monoisotopic (exact) mass is 900 g/mol. The molecule has 6 N–H and O–H groups in total. The number of nitrogens with zero attached hydrogens (tertiary/aromatic N) is 6. The van der Waals surface area contributed by atoms with Gasteiger partial charge in [-0.1, -0.05) is 12.1 Å². The molecule has 4 aliphatic carbocycles. The molecule has 4 heterocycles. The second-order valence-electron chi connectivity index (χ2n) is 17.9. The number of rotatable bonds is 12. The molecule has 14 nitrogen and oxygen atoms in total. The second kappa shape index (κ2) is 18.1. The van der Waals surface area contributed by atoms with E-state index in [-0.39, 0.29) is 11.8 Å². The van der Waals surface area contributed by atoms with Gasteiger partial charge in [0.25, 0.3) is 0 Å². The summed E-state index contributed by atoms with van der Waals surface area (Å²) in [5, 5.41) is 48.6. The first kappa shape index (κ1) is 43.6. The molecule has 16 heteroatoms. The minimum absolute atomic E-state index is 0.374. The van der Waals surface area contributed by atoms with E-state index in [1.165, 1.54) is 48.4 Å². The largest absolute Gasteiger partial charge is 0.481 e. The minimum atomic E-state index is -1.04. The molecule has 4 aromatic heterocycles. The van der Waals surface area contributed by atoms with Crippen LogP contribution in [0.1, 0.15) is 121 Å². The Morgan fingerprint density at radius 3 is 1.33 bits per heavy atom. The van der Waals surface area contributed by atoms with Gasteiger partial charge in [-0.25, -0.2) is 29.9 Å². The lowest BCUT2D eigenvalue weighted by Crippen LogP contribution is -2.33. The van der Waals surface area contributed by atoms with Crippen LogP contribution in [0, 0.1) is 25.7 Å². The average Bonchev–Trinajstić information content (AvgIpc) is 4.20. The van der Waals surface area contributed by atoms with Gasteiger partial charge in [-0.3, -0.25) is 9.59 Å². The van der Waals surface area contributed by atoms with E-state index in [2.05, 4.69) is 64.8 Å². The van der Waals surface area contributed by atoms with Gasteiger partial charge in [-0.15, -0.1) is 22.7 Å². The predicted octanol–water partition coefficient (Wildman–Crippen LogP) is 9.98. The van der Waals surface area contributed by atoms with Gasteiger partial charge in [-0.05, 0) is 150 Å². The average molecular weight is 901 g/mol. The number of thiazole rings is 2. The standard InChI is InChI=1S/2C24H26N4O3S/c2*1-14-10-17(12-18(11-14)27-23-25-9-6-19(28-23)15-2-3-15)20-13-26-22(32-20)24(31)7-4-16(5-8-24)21(29)30/h2*6,9-13,15-16,31H,2-5,7-8H2,1H3,(H,29,30)(H,25,27,28). The molecule has 4 saturated carbocycles. The third-order valence-corrected chi connectivity index (χ3v) is 15.2. The van der Waals surface area contributed by atoms with Crippen LogP contribution in [0.25, 0.3) is 20.9 Å². The molecule has 4 fully saturated rings. The van der Waals surface area contributed by atoms with E-state index in [1.807, 2.05) is 38.1 Å². The van der Waals surface area contributed by atoms with Crippen molar-refractivity contribution in [3.05, 3.63) is 106 Å². The van der Waals surface area contributed by atoms with E-state index in [0.717, 1.165) is 54.8 Å². The van der Waals surface area contributed by atoms with Crippen LogP contribution in [-0.2, 0) is 20.8 Å². The summed E-state index contributed by atoms with van der Waals surface area (Å²) >= 11 is 2.94. The molecule has 0 spiro atoms. The number of aromatic nitrogens is 6. The van der Waals surface area contributed by atoms with Gasteiger partial charge >= 0.3 is 11.9 Å². The maximum absolute atomic E-state index is 11.2. The first-order chi connectivity index (χ1) is 30.8. The van der Waals surface area contributed by atoms with Crippen molar-refractivity contribution in [2.45, 2.75) is 114 Å². The van der Waals surface area contributed by atoms with Crippen molar-refractivity contribution in [1.29, 1.82) is 0 Å². The van der Waals surface area contributed by atoms with Gasteiger partial charge in [0.05, 0.1) is 21.6 Å². The molecule has 2 aromatic carbocycles. The number of hydrogen-bond acceptors (Lipinski definition) is 14. The lowest BCUT2D eigenvalue weighted by molar-refractivity contribution is -0.146. The Bertz CT molecular complexity index is 2480. The van der Waals surface area contributed by atoms with E-state index in [1.54, 1.807) is 24.8 Å². The molecule has 332 valence electrons. The van der Waals surface area contributed by atoms with E-state index >= 15 is 0 Å². The van der Waals surface area contributed by atoms with E-state index in [9.17, 15) is 30.0 Å². The van der Waals surface area contributed by atoms with Crippen molar-refractivity contribution in [1.82, 2.24) is 29.9 Å². The Hall–Kier alpha value is -5.68. The highest BCUT2D eigenvalue weighted by Crippen LogP contribution is 2.45. The number of carboxylic acid groups (broad SMARTS) is 2. The highest BCUT2D eigenvalue weighted by Gasteiger charge is 2.40. The number of aryl methyl sites for hydroxylation is 2. The molecular formula is C48H52N8O6S2. The highest BCUT2D eigenvalue weighted by atomic mass is 32.1. The third kappa shape index (κ3) is 10.1. The van der Waals surface area contributed by atoms with Crippen LogP contribution >= 0.6 is 22.7 Å². The molecule has 0 amide bonds. The maximum Gasteiger partial charge on any atom is 0.306 e. The Morgan fingerprint density at radius 1 is 0.578 bits per heavy atom. The van der Waals surface area contributed by atoms with Gasteiger partial charge in [-0.2, -0.15) is 0 Å². The summed E-state index contributed by atoms with van der Waals surface area (Å²) in [6.07, 6.45) is 15.6. The minimum Gasteiger partial charge on any atom is -0.481 e. The van der Waals surface area contributed by atoms with Gasteiger partial charge in [0, 0.05) is 59.4 Å². The smallest absolute Gasteiger partial charge is 0.306 e. The van der Waals surface area contributed by atoms with Crippen LogP contribution in [0.4, 0.5) is 23.3 Å². The molecular weight excluding hydrogens is 849 g/mol. The van der Waals surface area contributed by atoms with Crippen LogP contribution in [0.5, 0.6) is 0 Å². The first-order valence-corrected chi connectivity index (χ1v) is 23.7. The maximum atomic E-state index is 11.2. The highest BCUT2D eigenvalue weighted by molar-refractivity contribution is 7.15. The Balaban J connectivity index is 0.000000162. The molecule has 0 saturated heterocycles. The predicted molar refractivity (Wildman–Crippen MR) is 246 cm³/mol. The topological polar surface area (TPSA) is 216 Å². The number of benzene rings is 2. The summed E-state index contributed by atoms with van der Waals surface area (Å²) in [6, 6.07) is 16.4. The zero-order valence-electron chi connectivity index (χ0n) is 35.8. The number of aliphatic carboxylic acids is 2. The Kier molecular flexibility index (Phi) is 12.3. The van der Waals surface area contributed by atoms with Crippen molar-refractivity contribution in [3.8, 4) is 20.9 Å². The molecule has 6 aromatic rings. The molecule has 4 aliphatic rings. The number of carbonyl (C=O) groups is 2. The van der Waals surface area contributed by atoms with Crippen molar-refractivity contribution in [3.63, 3.8) is 0 Å². The van der Waals surface area contributed by atoms with E-state index < -0.39 is 23.1 Å². The fourth-order valence-electron chi connectivity index (χ4n) is 8.69. The number of hydrogen-bond donors (Lipinski definition) is 6. The summed E-state index contributed by atoms with van der Waals surface area (Å²) in [6.45, 7) is 4.08. The first-order valence-electron chi connectivity index (χ1n) is 22.1. The summed E-state index contributed by atoms with van der Waals surface area (Å²) < 4.78 is 0. The van der Waals surface area contributed by atoms with E-state index in [4.69, 9.17) is 0 Å². The van der Waals surface area contributed by atoms with Gasteiger partial charge in [0.1, 0.15) is 21.2 Å². The van der Waals surface area contributed by atoms with E-state index in [0.29, 0.717) is 85.1 Å². The Labute approximate surface area is 379 Å². The quantitative estimate of drug-likeness (QED) is 0.0674. The summed E-state index contributed by atoms with van der Waals surface area (Å²) in [7, 11) is 0.